The Labute approximate surface area is 107 Å². The molecule has 0 saturated carbocycles. The molecule has 1 aromatic heterocycles. The van der Waals surface area contributed by atoms with Crippen LogP contribution in [0.2, 0.25) is 0 Å². The van der Waals surface area contributed by atoms with E-state index in [2.05, 4.69) is 12.2 Å². The molecule has 2 N–H and O–H groups in total. The number of aliphatic hydroxyl groups excluding tert-OH is 1. The Morgan fingerprint density at radius 1 is 1.11 bits per heavy atom. The van der Waals surface area contributed by atoms with E-state index in [0.717, 1.165) is 23.5 Å². The molecule has 0 bridgehead atoms. The lowest BCUT2D eigenvalue weighted by Crippen LogP contribution is -2.23. The number of aryl methyl sites for hydroxylation is 1. The minimum absolute atomic E-state index is 0.0543. The summed E-state index contributed by atoms with van der Waals surface area (Å²) in [7, 11) is 0. The lowest BCUT2D eigenvalue weighted by atomic mass is 10.1. The molecule has 3 nitrogen and oxygen atoms in total. The molecule has 18 heavy (non-hydrogen) atoms. The average molecular weight is 245 g/mol. The third kappa shape index (κ3) is 3.22. The topological polar surface area (TPSA) is 45.4 Å². The van der Waals surface area contributed by atoms with Crippen molar-refractivity contribution in [1.29, 1.82) is 0 Å². The fraction of sp³-hybridized carbons (Fsp3) is 0.333. The van der Waals surface area contributed by atoms with Crippen LogP contribution in [0, 0.1) is 0 Å². The number of benzene rings is 1. The predicted octanol–water partition coefficient (Wildman–Crippen LogP) is 2.67. The second-order valence-electron chi connectivity index (χ2n) is 4.25. The van der Waals surface area contributed by atoms with Crippen LogP contribution in [0.1, 0.15) is 30.0 Å². The first-order valence-electron chi connectivity index (χ1n) is 6.30. The van der Waals surface area contributed by atoms with E-state index in [-0.39, 0.29) is 12.6 Å². The Bertz CT molecular complexity index is 464. The molecule has 2 aromatic rings. The molecule has 0 spiro atoms. The van der Waals surface area contributed by atoms with Crippen molar-refractivity contribution in [2.75, 3.05) is 6.61 Å². The molecule has 1 aromatic carbocycles. The van der Waals surface area contributed by atoms with Crippen molar-refractivity contribution in [3.63, 3.8) is 0 Å². The van der Waals surface area contributed by atoms with Crippen molar-refractivity contribution in [2.24, 2.45) is 0 Å². The van der Waals surface area contributed by atoms with E-state index in [1.54, 1.807) is 0 Å². The molecule has 3 heteroatoms. The largest absolute Gasteiger partial charge is 0.465 e. The van der Waals surface area contributed by atoms with Gasteiger partial charge >= 0.3 is 0 Å². The van der Waals surface area contributed by atoms with Crippen LogP contribution in [0.4, 0.5) is 0 Å². The zero-order valence-electron chi connectivity index (χ0n) is 10.6. The van der Waals surface area contributed by atoms with Gasteiger partial charge in [0.15, 0.2) is 0 Å². The summed E-state index contributed by atoms with van der Waals surface area (Å²) >= 11 is 0. The summed E-state index contributed by atoms with van der Waals surface area (Å²) in [4.78, 5) is 0. The first-order valence-corrected chi connectivity index (χ1v) is 6.30. The number of hydrogen-bond donors (Lipinski definition) is 2. The van der Waals surface area contributed by atoms with Crippen LogP contribution < -0.4 is 5.32 Å². The van der Waals surface area contributed by atoms with Crippen LogP contribution in [0.15, 0.2) is 46.9 Å². The number of aliphatic hydroxyl groups is 1. The summed E-state index contributed by atoms with van der Waals surface area (Å²) in [6.07, 6.45) is 0.905. The number of rotatable bonds is 6. The van der Waals surface area contributed by atoms with Crippen LogP contribution >= 0.6 is 0 Å². The average Bonchev–Trinajstić information content (AvgIpc) is 2.89. The van der Waals surface area contributed by atoms with Gasteiger partial charge in [-0.1, -0.05) is 37.3 Å². The van der Waals surface area contributed by atoms with Crippen LogP contribution in [0.5, 0.6) is 0 Å². The van der Waals surface area contributed by atoms with E-state index in [4.69, 9.17) is 4.42 Å². The predicted molar refractivity (Wildman–Crippen MR) is 71.2 cm³/mol. The molecule has 1 unspecified atom stereocenters. The maximum absolute atomic E-state index is 9.42. The summed E-state index contributed by atoms with van der Waals surface area (Å²) in [5, 5.41) is 12.7. The van der Waals surface area contributed by atoms with Crippen LogP contribution in [-0.4, -0.2) is 11.7 Å². The molecule has 0 amide bonds. The molecule has 96 valence electrons. The van der Waals surface area contributed by atoms with Crippen molar-refractivity contribution in [1.82, 2.24) is 5.32 Å². The lowest BCUT2D eigenvalue weighted by molar-refractivity contribution is 0.240. The van der Waals surface area contributed by atoms with Crippen molar-refractivity contribution in [3.8, 4) is 0 Å². The summed E-state index contributed by atoms with van der Waals surface area (Å²) in [6.45, 7) is 2.77. The van der Waals surface area contributed by atoms with Gasteiger partial charge in [0.05, 0.1) is 19.2 Å². The first kappa shape index (κ1) is 12.9. The van der Waals surface area contributed by atoms with E-state index in [0.29, 0.717) is 6.54 Å². The smallest absolute Gasteiger partial charge is 0.117 e. The van der Waals surface area contributed by atoms with Gasteiger partial charge in [0.25, 0.3) is 0 Å². The molecule has 0 aliphatic heterocycles. The van der Waals surface area contributed by atoms with Gasteiger partial charge in [-0.05, 0) is 17.7 Å². The third-order valence-corrected chi connectivity index (χ3v) is 2.97. The molecular formula is C15H19NO2. The van der Waals surface area contributed by atoms with Gasteiger partial charge < -0.3 is 14.8 Å². The van der Waals surface area contributed by atoms with Crippen molar-refractivity contribution >= 4 is 0 Å². The van der Waals surface area contributed by atoms with Gasteiger partial charge in [0.2, 0.25) is 0 Å². The number of furan rings is 1. The maximum atomic E-state index is 9.42. The SMILES string of the molecule is CCc1ccc(CNC(CO)c2ccccc2)o1. The monoisotopic (exact) mass is 245 g/mol. The fourth-order valence-corrected chi connectivity index (χ4v) is 1.90. The Morgan fingerprint density at radius 2 is 1.83 bits per heavy atom. The highest BCUT2D eigenvalue weighted by atomic mass is 16.3. The van der Waals surface area contributed by atoms with E-state index < -0.39 is 0 Å². The Kier molecular flexibility index (Phi) is 4.56. The van der Waals surface area contributed by atoms with Crippen molar-refractivity contribution < 1.29 is 9.52 Å². The fourth-order valence-electron chi connectivity index (χ4n) is 1.90. The van der Waals surface area contributed by atoms with Gasteiger partial charge in [0, 0.05) is 6.42 Å². The van der Waals surface area contributed by atoms with Crippen molar-refractivity contribution in [2.45, 2.75) is 25.9 Å². The second kappa shape index (κ2) is 6.38. The van der Waals surface area contributed by atoms with Crippen LogP contribution in [0.25, 0.3) is 0 Å². The summed E-state index contributed by atoms with van der Waals surface area (Å²) in [5.74, 6) is 1.90. The highest BCUT2D eigenvalue weighted by Crippen LogP contribution is 2.14. The quantitative estimate of drug-likeness (QED) is 0.822. The van der Waals surface area contributed by atoms with Gasteiger partial charge in [-0.25, -0.2) is 0 Å². The zero-order chi connectivity index (χ0) is 12.8. The van der Waals surface area contributed by atoms with Gasteiger partial charge in [0.1, 0.15) is 11.5 Å². The summed E-state index contributed by atoms with van der Waals surface area (Å²) in [6, 6.07) is 13.8. The van der Waals surface area contributed by atoms with Crippen molar-refractivity contribution in [3.05, 3.63) is 59.5 Å². The van der Waals surface area contributed by atoms with E-state index >= 15 is 0 Å². The Morgan fingerprint density at radius 3 is 2.44 bits per heavy atom. The molecule has 0 aliphatic rings. The summed E-state index contributed by atoms with van der Waals surface area (Å²) < 4.78 is 5.62. The Balaban J connectivity index is 1.95. The molecular weight excluding hydrogens is 226 g/mol. The minimum atomic E-state index is -0.0543. The Hall–Kier alpha value is -1.58. The highest BCUT2D eigenvalue weighted by Gasteiger charge is 2.10. The highest BCUT2D eigenvalue weighted by molar-refractivity contribution is 5.19. The van der Waals surface area contributed by atoms with Crippen LogP contribution in [0.3, 0.4) is 0 Å². The molecule has 0 fully saturated rings. The summed E-state index contributed by atoms with van der Waals surface area (Å²) in [5.41, 5.74) is 1.09. The van der Waals surface area contributed by atoms with E-state index in [1.807, 2.05) is 42.5 Å². The molecule has 0 radical (unpaired) electrons. The lowest BCUT2D eigenvalue weighted by Gasteiger charge is -2.15. The molecule has 1 heterocycles. The third-order valence-electron chi connectivity index (χ3n) is 2.97. The molecule has 2 rings (SSSR count). The second-order valence-corrected chi connectivity index (χ2v) is 4.25. The number of hydrogen-bond acceptors (Lipinski definition) is 3. The van der Waals surface area contributed by atoms with E-state index in [1.165, 1.54) is 0 Å². The molecule has 0 aliphatic carbocycles. The standard InChI is InChI=1S/C15H19NO2/c1-2-13-8-9-14(18-13)10-16-15(11-17)12-6-4-3-5-7-12/h3-9,15-17H,2,10-11H2,1H3. The van der Waals surface area contributed by atoms with Gasteiger partial charge in [-0.3, -0.25) is 0 Å². The normalized spacial score (nSPS) is 12.6. The molecule has 1 atom stereocenters. The first-order chi connectivity index (χ1) is 8.83. The minimum Gasteiger partial charge on any atom is -0.465 e. The van der Waals surface area contributed by atoms with E-state index in [9.17, 15) is 5.11 Å². The molecule has 0 saturated heterocycles. The van der Waals surface area contributed by atoms with Gasteiger partial charge in [-0.2, -0.15) is 0 Å². The zero-order valence-corrected chi connectivity index (χ0v) is 10.6. The van der Waals surface area contributed by atoms with Gasteiger partial charge in [-0.15, -0.1) is 0 Å². The van der Waals surface area contributed by atoms with Crippen LogP contribution in [-0.2, 0) is 13.0 Å². The number of nitrogens with one attached hydrogen (secondary N) is 1. The maximum Gasteiger partial charge on any atom is 0.117 e.